The van der Waals surface area contributed by atoms with E-state index in [4.69, 9.17) is 10.5 Å². The molecule has 2 N–H and O–H groups in total. The summed E-state index contributed by atoms with van der Waals surface area (Å²) in [6, 6.07) is 0. The van der Waals surface area contributed by atoms with Gasteiger partial charge < -0.3 is 15.4 Å². The molecule has 2 aliphatic rings. The minimum Gasteiger partial charge on any atom is -0.372 e. The number of carbonyl (C=O) groups is 1. The minimum atomic E-state index is -0.336. The average Bonchev–Trinajstić information content (AvgIpc) is 2.26. The van der Waals surface area contributed by atoms with Crippen molar-refractivity contribution >= 4 is 18.3 Å². The second-order valence-corrected chi connectivity index (χ2v) is 6.67. The lowest BCUT2D eigenvalue weighted by Crippen LogP contribution is -2.58. The smallest absolute Gasteiger partial charge is 0.227 e. The van der Waals surface area contributed by atoms with Gasteiger partial charge >= 0.3 is 0 Å². The molecule has 0 spiro atoms. The van der Waals surface area contributed by atoms with Crippen molar-refractivity contribution in [1.29, 1.82) is 0 Å². The number of hydrogen-bond donors (Lipinski definition) is 1. The van der Waals surface area contributed by atoms with E-state index >= 15 is 0 Å². The fourth-order valence-electron chi connectivity index (χ4n) is 3.19. The van der Waals surface area contributed by atoms with E-state index in [0.717, 1.165) is 25.7 Å². The summed E-state index contributed by atoms with van der Waals surface area (Å²) in [5.41, 5.74) is 5.75. The monoisotopic (exact) mass is 290 g/mol. The first-order chi connectivity index (χ1) is 8.32. The number of nitrogens with two attached hydrogens (primary N) is 1. The third-order valence-electron chi connectivity index (χ3n) is 4.29. The molecule has 112 valence electrons. The van der Waals surface area contributed by atoms with Gasteiger partial charge in [-0.25, -0.2) is 0 Å². The van der Waals surface area contributed by atoms with Crippen LogP contribution in [0.1, 0.15) is 46.5 Å². The molecule has 1 amide bonds. The van der Waals surface area contributed by atoms with Gasteiger partial charge in [-0.3, -0.25) is 4.79 Å². The highest BCUT2D eigenvalue weighted by molar-refractivity contribution is 5.85. The molecule has 2 rings (SSSR count). The lowest BCUT2D eigenvalue weighted by molar-refractivity contribution is -0.153. The van der Waals surface area contributed by atoms with E-state index in [1.807, 2.05) is 25.7 Å². The van der Waals surface area contributed by atoms with Crippen LogP contribution in [-0.2, 0) is 9.53 Å². The Balaban J connectivity index is 0.00000180. The number of carbonyl (C=O) groups excluding carboxylic acids is 1. The Morgan fingerprint density at radius 1 is 1.32 bits per heavy atom. The van der Waals surface area contributed by atoms with E-state index in [1.165, 1.54) is 0 Å². The van der Waals surface area contributed by atoms with Crippen LogP contribution in [0, 0.1) is 5.92 Å². The molecule has 0 bridgehead atoms. The maximum absolute atomic E-state index is 12.6. The van der Waals surface area contributed by atoms with Crippen LogP contribution in [-0.4, -0.2) is 41.6 Å². The molecule has 0 aromatic rings. The largest absolute Gasteiger partial charge is 0.372 e. The normalized spacial score (nSPS) is 34.5. The average molecular weight is 291 g/mol. The molecular formula is C14H27ClN2O2. The van der Waals surface area contributed by atoms with Gasteiger partial charge in [0.05, 0.1) is 18.1 Å². The highest BCUT2D eigenvalue weighted by Gasteiger charge is 2.41. The molecule has 2 unspecified atom stereocenters. The third kappa shape index (κ3) is 3.83. The quantitative estimate of drug-likeness (QED) is 0.803. The van der Waals surface area contributed by atoms with Crippen molar-refractivity contribution in [1.82, 2.24) is 4.90 Å². The number of nitrogens with zero attached hydrogens (tertiary/aromatic N) is 1. The van der Waals surface area contributed by atoms with Crippen LogP contribution in [0.15, 0.2) is 0 Å². The van der Waals surface area contributed by atoms with Crippen molar-refractivity contribution < 1.29 is 9.53 Å². The Kier molecular flexibility index (Phi) is 5.27. The molecule has 1 saturated heterocycles. The first-order valence-electron chi connectivity index (χ1n) is 7.03. The van der Waals surface area contributed by atoms with Crippen molar-refractivity contribution in [2.75, 3.05) is 19.7 Å². The van der Waals surface area contributed by atoms with Gasteiger partial charge in [0.15, 0.2) is 0 Å². The lowest BCUT2D eigenvalue weighted by atomic mass is 9.74. The summed E-state index contributed by atoms with van der Waals surface area (Å²) in [7, 11) is 0. The van der Waals surface area contributed by atoms with E-state index in [-0.39, 0.29) is 35.4 Å². The van der Waals surface area contributed by atoms with Crippen molar-refractivity contribution in [3.63, 3.8) is 0 Å². The molecule has 19 heavy (non-hydrogen) atoms. The highest BCUT2D eigenvalue weighted by atomic mass is 35.5. The summed E-state index contributed by atoms with van der Waals surface area (Å²) < 4.78 is 5.66. The lowest BCUT2D eigenvalue weighted by Gasteiger charge is -2.44. The molecule has 5 heteroatoms. The molecule has 2 fully saturated rings. The van der Waals surface area contributed by atoms with Crippen LogP contribution in [0.4, 0.5) is 0 Å². The topological polar surface area (TPSA) is 55.6 Å². The van der Waals surface area contributed by atoms with Gasteiger partial charge in [0, 0.05) is 18.6 Å². The molecule has 1 aliphatic carbocycles. The van der Waals surface area contributed by atoms with Crippen LogP contribution in [0.25, 0.3) is 0 Å². The van der Waals surface area contributed by atoms with Gasteiger partial charge in [-0.15, -0.1) is 12.4 Å². The predicted octanol–water partition coefficient (Wildman–Crippen LogP) is 1.95. The molecular weight excluding hydrogens is 264 g/mol. The van der Waals surface area contributed by atoms with Crippen LogP contribution in [0.2, 0.25) is 0 Å². The molecule has 0 aromatic carbocycles. The summed E-state index contributed by atoms with van der Waals surface area (Å²) in [6.07, 6.45) is 4.16. The van der Waals surface area contributed by atoms with Gasteiger partial charge in [0.2, 0.25) is 5.91 Å². The molecule has 2 atom stereocenters. The maximum atomic E-state index is 12.6. The third-order valence-corrected chi connectivity index (χ3v) is 4.29. The van der Waals surface area contributed by atoms with Crippen molar-refractivity contribution in [2.45, 2.75) is 57.6 Å². The SMILES string of the molecule is CC1(C)CN(C(=O)C2CCCCC2(C)N)CCO1.Cl. The van der Waals surface area contributed by atoms with Crippen LogP contribution < -0.4 is 5.73 Å². The number of hydrogen-bond acceptors (Lipinski definition) is 3. The van der Waals surface area contributed by atoms with E-state index in [1.54, 1.807) is 0 Å². The zero-order valence-corrected chi connectivity index (χ0v) is 13.1. The maximum Gasteiger partial charge on any atom is 0.227 e. The highest BCUT2D eigenvalue weighted by Crippen LogP contribution is 2.33. The summed E-state index contributed by atoms with van der Waals surface area (Å²) >= 11 is 0. The van der Waals surface area contributed by atoms with Gasteiger partial charge in [-0.05, 0) is 33.6 Å². The Labute approximate surface area is 122 Å². The second-order valence-electron chi connectivity index (χ2n) is 6.67. The summed E-state index contributed by atoms with van der Waals surface area (Å²) in [6.45, 7) is 8.12. The van der Waals surface area contributed by atoms with Crippen LogP contribution in [0.3, 0.4) is 0 Å². The van der Waals surface area contributed by atoms with Gasteiger partial charge in [-0.2, -0.15) is 0 Å². The van der Waals surface area contributed by atoms with Gasteiger partial charge in [0.25, 0.3) is 0 Å². The molecule has 0 radical (unpaired) electrons. The summed E-state index contributed by atoms with van der Waals surface area (Å²) in [5, 5.41) is 0. The summed E-state index contributed by atoms with van der Waals surface area (Å²) in [4.78, 5) is 14.6. The molecule has 1 saturated carbocycles. The van der Waals surface area contributed by atoms with Crippen molar-refractivity contribution in [3.05, 3.63) is 0 Å². The second kappa shape index (κ2) is 5.98. The Hall–Kier alpha value is -0.320. The van der Waals surface area contributed by atoms with Crippen LogP contribution in [0.5, 0.6) is 0 Å². The van der Waals surface area contributed by atoms with E-state index < -0.39 is 0 Å². The predicted molar refractivity (Wildman–Crippen MR) is 78.4 cm³/mol. The van der Waals surface area contributed by atoms with E-state index in [2.05, 4.69) is 0 Å². The Morgan fingerprint density at radius 2 is 2.00 bits per heavy atom. The van der Waals surface area contributed by atoms with Gasteiger partial charge in [0.1, 0.15) is 0 Å². The van der Waals surface area contributed by atoms with Crippen LogP contribution >= 0.6 is 12.4 Å². The number of morpholine rings is 1. The zero-order chi connectivity index (χ0) is 13.4. The molecule has 1 heterocycles. The fourth-order valence-corrected chi connectivity index (χ4v) is 3.19. The molecule has 4 nitrogen and oxygen atoms in total. The number of rotatable bonds is 1. The fraction of sp³-hybridized carbons (Fsp3) is 0.929. The Bertz CT molecular complexity index is 331. The minimum absolute atomic E-state index is 0. The van der Waals surface area contributed by atoms with Crippen molar-refractivity contribution in [2.24, 2.45) is 11.7 Å². The number of amides is 1. The summed E-state index contributed by atoms with van der Waals surface area (Å²) in [5.74, 6) is 0.219. The van der Waals surface area contributed by atoms with E-state index in [0.29, 0.717) is 19.7 Å². The molecule has 0 aromatic heterocycles. The standard InChI is InChI=1S/C14H26N2O2.ClH/c1-13(2)10-16(8-9-18-13)12(17)11-6-4-5-7-14(11,3)15;/h11H,4-10,15H2,1-3H3;1H. The molecule has 1 aliphatic heterocycles. The first kappa shape index (κ1) is 16.7. The number of halogens is 1. The van der Waals surface area contributed by atoms with E-state index in [9.17, 15) is 4.79 Å². The van der Waals surface area contributed by atoms with Gasteiger partial charge in [-0.1, -0.05) is 12.8 Å². The zero-order valence-electron chi connectivity index (χ0n) is 12.3. The Morgan fingerprint density at radius 3 is 2.58 bits per heavy atom. The first-order valence-corrected chi connectivity index (χ1v) is 7.03. The number of ether oxygens (including phenoxy) is 1. The van der Waals surface area contributed by atoms with Crippen molar-refractivity contribution in [3.8, 4) is 0 Å².